The zero-order chi connectivity index (χ0) is 20.7. The summed E-state index contributed by atoms with van der Waals surface area (Å²) in [5.74, 6) is -1.57. The number of hydrogen-bond acceptors (Lipinski definition) is 5. The first-order chi connectivity index (χ1) is 13.9. The molecular weight excluding hydrogens is 436 g/mol. The number of Topliss-reactive ketones (excluding diaryl/α,β-unsaturated/α-hetero) is 2. The summed E-state index contributed by atoms with van der Waals surface area (Å²) in [6, 6.07) is 5.16. The van der Waals surface area contributed by atoms with Gasteiger partial charge in [0.25, 0.3) is 5.78 Å². The second kappa shape index (κ2) is 7.88. The van der Waals surface area contributed by atoms with Crippen molar-refractivity contribution >= 4 is 33.5 Å². The zero-order valence-corrected chi connectivity index (χ0v) is 18.2. The second-order valence-corrected chi connectivity index (χ2v) is 8.43. The van der Waals surface area contributed by atoms with Crippen molar-refractivity contribution in [3.8, 4) is 11.1 Å². The van der Waals surface area contributed by atoms with Crippen LogP contribution >= 0.6 is 15.9 Å². The molecule has 7 heteroatoms. The second-order valence-electron chi connectivity index (χ2n) is 7.51. The molecule has 29 heavy (non-hydrogen) atoms. The molecule has 6 nitrogen and oxygen atoms in total. The highest BCUT2D eigenvalue weighted by molar-refractivity contribution is 9.10. The van der Waals surface area contributed by atoms with Gasteiger partial charge in [-0.2, -0.15) is 0 Å². The Kier molecular flexibility index (Phi) is 5.44. The third kappa shape index (κ3) is 3.36. The fourth-order valence-electron chi connectivity index (χ4n) is 4.35. The number of halogens is 1. The predicted molar refractivity (Wildman–Crippen MR) is 112 cm³/mol. The highest BCUT2D eigenvalue weighted by Gasteiger charge is 2.39. The molecule has 0 amide bonds. The monoisotopic (exact) mass is 458 g/mol. The van der Waals surface area contributed by atoms with Crippen molar-refractivity contribution in [3.63, 3.8) is 0 Å². The Balaban J connectivity index is 1.96. The molecule has 152 valence electrons. The van der Waals surface area contributed by atoms with Gasteiger partial charge < -0.3 is 9.30 Å². The number of carbonyl (C=O) groups excluding carboxylic acids is 3. The third-order valence-electron chi connectivity index (χ3n) is 5.73. The Morgan fingerprint density at radius 2 is 1.83 bits per heavy atom. The predicted octanol–water partition coefficient (Wildman–Crippen LogP) is 4.00. The number of nitrogens with zero attached hydrogens (tertiary/aromatic N) is 2. The van der Waals surface area contributed by atoms with Crippen molar-refractivity contribution < 1.29 is 19.1 Å². The van der Waals surface area contributed by atoms with Crippen LogP contribution in [-0.2, 0) is 18.3 Å². The fourth-order valence-corrected chi connectivity index (χ4v) is 4.71. The number of likely N-dealkylation sites (tertiary alicyclic amines) is 1. The summed E-state index contributed by atoms with van der Waals surface area (Å²) >= 11 is 3.45. The first-order valence-electron chi connectivity index (χ1n) is 9.94. The van der Waals surface area contributed by atoms with Gasteiger partial charge in [0.2, 0.25) is 5.78 Å². The van der Waals surface area contributed by atoms with Crippen molar-refractivity contribution in [1.29, 1.82) is 0 Å². The van der Waals surface area contributed by atoms with E-state index in [-0.39, 0.29) is 12.3 Å². The quantitative estimate of drug-likeness (QED) is 0.511. The van der Waals surface area contributed by atoms with Gasteiger partial charge in [-0.05, 0) is 56.6 Å². The molecule has 1 saturated heterocycles. The summed E-state index contributed by atoms with van der Waals surface area (Å²) in [5, 5.41) is 0. The first kappa shape index (κ1) is 20.0. The molecule has 0 N–H and O–H groups in total. The average molecular weight is 459 g/mol. The van der Waals surface area contributed by atoms with Crippen LogP contribution in [0.3, 0.4) is 0 Å². The minimum atomic E-state index is -0.576. The third-order valence-corrected chi connectivity index (χ3v) is 6.23. The lowest BCUT2D eigenvalue weighted by Gasteiger charge is -2.27. The van der Waals surface area contributed by atoms with E-state index in [1.165, 1.54) is 6.42 Å². The minimum absolute atomic E-state index is 0.240. The first-order valence-corrected chi connectivity index (χ1v) is 10.7. The molecule has 0 saturated carbocycles. The number of carbonyl (C=O) groups is 3. The van der Waals surface area contributed by atoms with Crippen LogP contribution in [0, 0.1) is 0 Å². The summed E-state index contributed by atoms with van der Waals surface area (Å²) in [6.45, 7) is 4.45. The molecule has 1 aromatic carbocycles. The number of esters is 1. The smallest absolute Gasteiger partial charge is 0.340 e. The average Bonchev–Trinajstić information content (AvgIpc) is 3.00. The van der Waals surface area contributed by atoms with Crippen LogP contribution in [0.2, 0.25) is 0 Å². The van der Waals surface area contributed by atoms with E-state index in [4.69, 9.17) is 4.74 Å². The summed E-state index contributed by atoms with van der Waals surface area (Å²) in [6.07, 6.45) is 3.44. The Morgan fingerprint density at radius 3 is 2.52 bits per heavy atom. The number of rotatable bonds is 4. The number of ether oxygens (including phenoxy) is 1. The molecule has 2 aliphatic rings. The number of ketones is 2. The molecule has 1 fully saturated rings. The Labute approximate surface area is 178 Å². The van der Waals surface area contributed by atoms with Gasteiger partial charge in [-0.15, -0.1) is 0 Å². The SMILES string of the molecule is CCOC(=O)c1c2c(n(C)c1CN1CCCCC1)C(=O)C(=O)c1ccc(Br)cc1-2. The van der Waals surface area contributed by atoms with Crippen molar-refractivity contribution in [1.82, 2.24) is 9.47 Å². The Morgan fingerprint density at radius 1 is 1.10 bits per heavy atom. The molecule has 1 aliphatic heterocycles. The van der Waals surface area contributed by atoms with Crippen LogP contribution in [0.25, 0.3) is 11.1 Å². The molecule has 0 unspecified atom stereocenters. The van der Waals surface area contributed by atoms with Gasteiger partial charge in [-0.1, -0.05) is 22.4 Å². The van der Waals surface area contributed by atoms with Gasteiger partial charge in [-0.25, -0.2) is 4.79 Å². The van der Waals surface area contributed by atoms with Crippen molar-refractivity contribution in [2.45, 2.75) is 32.7 Å². The number of fused-ring (bicyclic) bond motifs is 3. The van der Waals surface area contributed by atoms with Crippen molar-refractivity contribution in [2.75, 3.05) is 19.7 Å². The Bertz CT molecular complexity index is 1020. The molecule has 0 bridgehead atoms. The molecule has 1 aliphatic carbocycles. The van der Waals surface area contributed by atoms with E-state index in [0.717, 1.165) is 36.1 Å². The molecule has 0 radical (unpaired) electrons. The van der Waals surface area contributed by atoms with Gasteiger partial charge in [0.05, 0.1) is 12.2 Å². The fraction of sp³-hybridized carbons (Fsp3) is 0.409. The normalized spacial score (nSPS) is 16.5. The van der Waals surface area contributed by atoms with Crippen LogP contribution in [0.5, 0.6) is 0 Å². The van der Waals surface area contributed by atoms with E-state index in [9.17, 15) is 14.4 Å². The number of benzene rings is 1. The number of piperidine rings is 1. The lowest BCUT2D eigenvalue weighted by atomic mass is 9.85. The molecular formula is C22H23BrN2O4. The van der Waals surface area contributed by atoms with Crippen LogP contribution in [0.1, 0.15) is 63.1 Å². The summed E-state index contributed by atoms with van der Waals surface area (Å²) in [4.78, 5) is 41.0. The van der Waals surface area contributed by atoms with Crippen molar-refractivity contribution in [3.05, 3.63) is 45.2 Å². The summed E-state index contributed by atoms with van der Waals surface area (Å²) in [7, 11) is 1.76. The summed E-state index contributed by atoms with van der Waals surface area (Å²) < 4.78 is 7.87. The number of aromatic nitrogens is 1. The molecule has 2 heterocycles. The highest BCUT2D eigenvalue weighted by Crippen LogP contribution is 2.41. The van der Waals surface area contributed by atoms with Gasteiger partial charge in [0.1, 0.15) is 5.69 Å². The molecule has 0 atom stereocenters. The highest BCUT2D eigenvalue weighted by atomic mass is 79.9. The lowest BCUT2D eigenvalue weighted by molar-refractivity contribution is 0.0524. The summed E-state index contributed by atoms with van der Waals surface area (Å²) in [5.41, 5.74) is 2.84. The molecule has 4 rings (SSSR count). The standard InChI is InChI=1S/C22H23BrN2O4/c1-3-29-22(28)18-16(12-25-9-5-4-6-10-25)24(2)19-17(18)15-11-13(23)7-8-14(15)20(26)21(19)27/h7-8,11H,3-6,9-10,12H2,1-2H3. The van der Waals surface area contributed by atoms with E-state index >= 15 is 0 Å². The number of hydrogen-bond donors (Lipinski definition) is 0. The van der Waals surface area contributed by atoms with E-state index in [1.54, 1.807) is 36.7 Å². The maximum absolute atomic E-state index is 13.0. The van der Waals surface area contributed by atoms with Crippen LogP contribution < -0.4 is 0 Å². The van der Waals surface area contributed by atoms with Gasteiger partial charge >= 0.3 is 5.97 Å². The topological polar surface area (TPSA) is 68.6 Å². The molecule has 0 spiro atoms. The largest absolute Gasteiger partial charge is 0.462 e. The van der Waals surface area contributed by atoms with Crippen LogP contribution in [-0.4, -0.2) is 46.7 Å². The van der Waals surface area contributed by atoms with Gasteiger partial charge in [0, 0.05) is 34.9 Å². The van der Waals surface area contributed by atoms with E-state index < -0.39 is 17.5 Å². The lowest BCUT2D eigenvalue weighted by Crippen LogP contribution is -2.31. The molecule has 1 aromatic heterocycles. The van der Waals surface area contributed by atoms with Gasteiger partial charge in [0.15, 0.2) is 0 Å². The van der Waals surface area contributed by atoms with E-state index in [2.05, 4.69) is 20.8 Å². The van der Waals surface area contributed by atoms with Gasteiger partial charge in [-0.3, -0.25) is 14.5 Å². The van der Waals surface area contributed by atoms with Crippen LogP contribution in [0.4, 0.5) is 0 Å². The maximum Gasteiger partial charge on any atom is 0.340 e. The Hall–Kier alpha value is -2.25. The maximum atomic E-state index is 13.0. The van der Waals surface area contributed by atoms with E-state index in [1.807, 2.05) is 0 Å². The van der Waals surface area contributed by atoms with E-state index in [0.29, 0.717) is 28.8 Å². The van der Waals surface area contributed by atoms with Crippen LogP contribution in [0.15, 0.2) is 22.7 Å². The minimum Gasteiger partial charge on any atom is -0.462 e. The van der Waals surface area contributed by atoms with Crippen molar-refractivity contribution in [2.24, 2.45) is 7.05 Å². The molecule has 2 aromatic rings. The zero-order valence-electron chi connectivity index (χ0n) is 16.6.